The summed E-state index contributed by atoms with van der Waals surface area (Å²) in [7, 11) is 0. The molecule has 90 valence electrons. The van der Waals surface area contributed by atoms with Gasteiger partial charge in [0.15, 0.2) is 0 Å². The summed E-state index contributed by atoms with van der Waals surface area (Å²) in [5.74, 6) is 5.43. The Morgan fingerprint density at radius 1 is 1.56 bits per heavy atom. The Labute approximate surface area is 108 Å². The number of nitrogens with zero attached hydrogens (tertiary/aromatic N) is 2. The lowest BCUT2D eigenvalue weighted by molar-refractivity contribution is 0.103. The summed E-state index contributed by atoms with van der Waals surface area (Å²) in [6, 6.07) is 3.34. The second kappa shape index (κ2) is 5.91. The molecule has 6 heteroatoms. The molecule has 2 N–H and O–H groups in total. The Balaban J connectivity index is 2.12. The van der Waals surface area contributed by atoms with E-state index < -0.39 is 0 Å². The number of aliphatic hydroxyl groups is 1. The van der Waals surface area contributed by atoms with Crippen LogP contribution in [0.2, 0.25) is 0 Å². The molecular weight excluding hydrogens is 250 g/mol. The minimum Gasteiger partial charge on any atom is -0.384 e. The number of amides is 1. The Hall–Kier alpha value is -2.23. The summed E-state index contributed by atoms with van der Waals surface area (Å²) in [6.45, 7) is -0.203. The molecule has 1 amide bonds. The second-order valence-electron chi connectivity index (χ2n) is 3.21. The van der Waals surface area contributed by atoms with Crippen LogP contribution in [0.25, 0.3) is 0 Å². The van der Waals surface area contributed by atoms with Crippen LogP contribution in [0.15, 0.2) is 30.0 Å². The number of aromatic nitrogens is 2. The zero-order chi connectivity index (χ0) is 12.8. The highest BCUT2D eigenvalue weighted by Crippen LogP contribution is 2.10. The van der Waals surface area contributed by atoms with Gasteiger partial charge in [0.25, 0.3) is 5.91 Å². The Kier molecular flexibility index (Phi) is 4.02. The number of hydrogen-bond acceptors (Lipinski definition) is 5. The number of anilines is 1. The summed E-state index contributed by atoms with van der Waals surface area (Å²) in [4.78, 5) is 20.1. The van der Waals surface area contributed by atoms with Gasteiger partial charge in [-0.1, -0.05) is 11.8 Å². The molecule has 0 spiro atoms. The van der Waals surface area contributed by atoms with Crippen LogP contribution < -0.4 is 5.32 Å². The van der Waals surface area contributed by atoms with E-state index in [1.165, 1.54) is 17.5 Å². The molecule has 0 radical (unpaired) electrons. The van der Waals surface area contributed by atoms with E-state index in [0.717, 1.165) is 0 Å². The number of rotatable bonds is 2. The Morgan fingerprint density at radius 2 is 2.44 bits per heavy atom. The van der Waals surface area contributed by atoms with E-state index in [1.54, 1.807) is 23.8 Å². The van der Waals surface area contributed by atoms with Gasteiger partial charge in [-0.25, -0.2) is 4.98 Å². The van der Waals surface area contributed by atoms with Crippen molar-refractivity contribution in [3.8, 4) is 11.8 Å². The fourth-order valence-corrected chi connectivity index (χ4v) is 1.74. The van der Waals surface area contributed by atoms with Crippen molar-refractivity contribution in [2.24, 2.45) is 0 Å². The van der Waals surface area contributed by atoms with E-state index in [0.29, 0.717) is 16.3 Å². The van der Waals surface area contributed by atoms with Gasteiger partial charge in [0.05, 0.1) is 11.7 Å². The van der Waals surface area contributed by atoms with Crippen molar-refractivity contribution in [1.82, 2.24) is 9.97 Å². The van der Waals surface area contributed by atoms with Crippen LogP contribution in [0.3, 0.4) is 0 Å². The standard InChI is InChI=1S/C12H9N3O2S/c16-5-1-2-9-3-4-14-11(6-9)15-12(17)10-7-13-8-18-10/h3-4,6-8,16H,5H2,(H,14,15,17). The van der Waals surface area contributed by atoms with Gasteiger partial charge in [0.2, 0.25) is 0 Å². The molecule has 0 aliphatic rings. The molecule has 2 aromatic heterocycles. The highest BCUT2D eigenvalue weighted by Gasteiger charge is 2.08. The maximum Gasteiger partial charge on any atom is 0.268 e. The summed E-state index contributed by atoms with van der Waals surface area (Å²) in [5, 5.41) is 11.3. The number of carbonyl (C=O) groups excluding carboxylic acids is 1. The largest absolute Gasteiger partial charge is 0.384 e. The first-order valence-corrected chi connectivity index (χ1v) is 5.93. The molecule has 0 aromatic carbocycles. The third-order valence-corrected chi connectivity index (χ3v) is 2.74. The molecule has 2 heterocycles. The summed E-state index contributed by atoms with van der Waals surface area (Å²) in [6.07, 6.45) is 3.04. The van der Waals surface area contributed by atoms with E-state index in [9.17, 15) is 4.79 Å². The van der Waals surface area contributed by atoms with Crippen LogP contribution in [-0.2, 0) is 0 Å². The lowest BCUT2D eigenvalue weighted by Crippen LogP contribution is -2.11. The molecular formula is C12H9N3O2S. The second-order valence-corrected chi connectivity index (χ2v) is 4.10. The predicted octanol–water partition coefficient (Wildman–Crippen LogP) is 1.13. The zero-order valence-electron chi connectivity index (χ0n) is 9.25. The first kappa shape index (κ1) is 12.2. The van der Waals surface area contributed by atoms with Crippen LogP contribution in [0.1, 0.15) is 15.2 Å². The maximum absolute atomic E-state index is 11.7. The van der Waals surface area contributed by atoms with E-state index in [4.69, 9.17) is 5.11 Å². The Morgan fingerprint density at radius 3 is 3.17 bits per heavy atom. The van der Waals surface area contributed by atoms with Gasteiger partial charge in [-0.3, -0.25) is 9.78 Å². The summed E-state index contributed by atoms with van der Waals surface area (Å²) in [5.41, 5.74) is 2.27. The molecule has 0 saturated carbocycles. The van der Waals surface area contributed by atoms with Crippen molar-refractivity contribution in [3.05, 3.63) is 40.5 Å². The minimum atomic E-state index is -0.253. The quantitative estimate of drug-likeness (QED) is 0.793. The van der Waals surface area contributed by atoms with E-state index >= 15 is 0 Å². The van der Waals surface area contributed by atoms with Gasteiger partial charge in [0, 0.05) is 11.8 Å². The summed E-state index contributed by atoms with van der Waals surface area (Å²) >= 11 is 1.26. The molecule has 0 aliphatic carbocycles. The van der Waals surface area contributed by atoms with Gasteiger partial charge in [0.1, 0.15) is 17.3 Å². The number of aliphatic hydroxyl groups excluding tert-OH is 1. The smallest absolute Gasteiger partial charge is 0.268 e. The molecule has 0 atom stereocenters. The van der Waals surface area contributed by atoms with Crippen molar-refractivity contribution in [3.63, 3.8) is 0 Å². The molecule has 2 rings (SSSR count). The average Bonchev–Trinajstić information content (AvgIpc) is 2.91. The van der Waals surface area contributed by atoms with Crippen molar-refractivity contribution in [2.45, 2.75) is 0 Å². The predicted molar refractivity (Wildman–Crippen MR) is 68.3 cm³/mol. The monoisotopic (exact) mass is 259 g/mol. The lowest BCUT2D eigenvalue weighted by atomic mass is 10.2. The SMILES string of the molecule is O=C(Nc1cc(C#CCO)ccn1)c1cncs1. The fraction of sp³-hybridized carbons (Fsp3) is 0.0833. The normalized spacial score (nSPS) is 9.39. The molecule has 0 unspecified atom stereocenters. The van der Waals surface area contributed by atoms with Crippen LogP contribution in [0, 0.1) is 11.8 Å². The van der Waals surface area contributed by atoms with Crippen molar-refractivity contribution in [2.75, 3.05) is 11.9 Å². The first-order valence-electron chi connectivity index (χ1n) is 5.05. The number of carbonyl (C=O) groups is 1. The molecule has 0 saturated heterocycles. The van der Waals surface area contributed by atoms with E-state index in [1.807, 2.05) is 0 Å². The number of hydrogen-bond donors (Lipinski definition) is 2. The highest BCUT2D eigenvalue weighted by molar-refractivity contribution is 7.11. The molecule has 2 aromatic rings. The van der Waals surface area contributed by atoms with Gasteiger partial charge in [-0.05, 0) is 12.1 Å². The van der Waals surface area contributed by atoms with Gasteiger partial charge >= 0.3 is 0 Å². The lowest BCUT2D eigenvalue weighted by Gasteiger charge is -2.02. The Bertz CT molecular complexity index is 599. The molecule has 18 heavy (non-hydrogen) atoms. The summed E-state index contributed by atoms with van der Waals surface area (Å²) < 4.78 is 0. The third-order valence-electron chi connectivity index (χ3n) is 1.97. The van der Waals surface area contributed by atoms with Gasteiger partial charge < -0.3 is 10.4 Å². The first-order chi connectivity index (χ1) is 8.79. The van der Waals surface area contributed by atoms with E-state index in [-0.39, 0.29) is 12.5 Å². The van der Waals surface area contributed by atoms with Crippen LogP contribution >= 0.6 is 11.3 Å². The zero-order valence-corrected chi connectivity index (χ0v) is 10.1. The van der Waals surface area contributed by atoms with Crippen LogP contribution in [0.5, 0.6) is 0 Å². The fourth-order valence-electron chi connectivity index (χ4n) is 1.22. The van der Waals surface area contributed by atoms with Crippen molar-refractivity contribution >= 4 is 23.1 Å². The highest BCUT2D eigenvalue weighted by atomic mass is 32.1. The van der Waals surface area contributed by atoms with Crippen LogP contribution in [0.4, 0.5) is 5.82 Å². The van der Waals surface area contributed by atoms with Crippen molar-refractivity contribution in [1.29, 1.82) is 0 Å². The number of thiazole rings is 1. The number of pyridine rings is 1. The van der Waals surface area contributed by atoms with Gasteiger partial charge in [-0.2, -0.15) is 0 Å². The van der Waals surface area contributed by atoms with Gasteiger partial charge in [-0.15, -0.1) is 11.3 Å². The third kappa shape index (κ3) is 3.13. The van der Waals surface area contributed by atoms with Crippen LogP contribution in [-0.4, -0.2) is 27.6 Å². The molecule has 0 fully saturated rings. The maximum atomic E-state index is 11.7. The average molecular weight is 259 g/mol. The topological polar surface area (TPSA) is 75.1 Å². The number of nitrogens with one attached hydrogen (secondary N) is 1. The minimum absolute atomic E-state index is 0.203. The molecule has 5 nitrogen and oxygen atoms in total. The molecule has 0 aliphatic heterocycles. The van der Waals surface area contributed by atoms with Crippen molar-refractivity contribution < 1.29 is 9.90 Å². The molecule has 0 bridgehead atoms. The van der Waals surface area contributed by atoms with E-state index in [2.05, 4.69) is 27.1 Å².